The Morgan fingerprint density at radius 2 is 1.12 bits per heavy atom. The van der Waals surface area contributed by atoms with Gasteiger partial charge in [0.15, 0.2) is 0 Å². The van der Waals surface area contributed by atoms with Crippen molar-refractivity contribution in [3.8, 4) is 0 Å². The fourth-order valence-electron chi connectivity index (χ4n) is 3.95. The van der Waals surface area contributed by atoms with E-state index in [4.69, 9.17) is 9.47 Å². The Balaban J connectivity index is 1.82. The predicted molar refractivity (Wildman–Crippen MR) is 144 cm³/mol. The second-order valence-electron chi connectivity index (χ2n) is 9.28. The molecular weight excluding hydrogens is 492 g/mol. The highest BCUT2D eigenvalue weighted by Crippen LogP contribution is 2.17. The molecule has 0 unspecified atom stereocenters. The number of hydrogen-bond acceptors (Lipinski definition) is 4. The summed E-state index contributed by atoms with van der Waals surface area (Å²) in [6, 6.07) is 7.65. The molecule has 4 nitrogen and oxygen atoms in total. The van der Waals surface area contributed by atoms with Crippen molar-refractivity contribution < 1.29 is 19.1 Å². The van der Waals surface area contributed by atoms with Gasteiger partial charge in [-0.15, -0.1) is 0 Å². The summed E-state index contributed by atoms with van der Waals surface area (Å²) in [6.07, 6.45) is 20.8. The zero-order valence-corrected chi connectivity index (χ0v) is 23.0. The van der Waals surface area contributed by atoms with Crippen LogP contribution in [0, 0.1) is 0 Å². The van der Waals surface area contributed by atoms with Gasteiger partial charge >= 0.3 is 11.9 Å². The van der Waals surface area contributed by atoms with Crippen LogP contribution in [0.2, 0.25) is 0 Å². The lowest BCUT2D eigenvalue weighted by atomic mass is 10.0. The molecule has 1 aromatic carbocycles. The number of rotatable bonds is 22. The van der Waals surface area contributed by atoms with Gasteiger partial charge < -0.3 is 9.47 Å². The predicted octanol–water partition coefficient (Wildman–Crippen LogP) is 9.08. The van der Waals surface area contributed by atoms with E-state index in [0.29, 0.717) is 13.0 Å². The number of ether oxygens (including phenoxy) is 2. The van der Waals surface area contributed by atoms with Crippen molar-refractivity contribution in [3.05, 3.63) is 34.3 Å². The van der Waals surface area contributed by atoms with Gasteiger partial charge in [-0.25, -0.2) is 0 Å². The SMILES string of the molecule is CCCCCCCCCCCCCCCCCOC(=O)CCCC(=O)OCc1ccccc1Br. The normalized spacial score (nSPS) is 10.9. The molecule has 0 amide bonds. The third-order valence-corrected chi connectivity index (χ3v) is 6.89. The lowest BCUT2D eigenvalue weighted by Gasteiger charge is -2.07. The highest BCUT2D eigenvalue weighted by Gasteiger charge is 2.08. The Labute approximate surface area is 216 Å². The summed E-state index contributed by atoms with van der Waals surface area (Å²) in [4.78, 5) is 23.7. The maximum Gasteiger partial charge on any atom is 0.306 e. The summed E-state index contributed by atoms with van der Waals surface area (Å²) < 4.78 is 11.5. The van der Waals surface area contributed by atoms with Gasteiger partial charge in [0.05, 0.1) is 6.61 Å². The molecule has 0 aliphatic carbocycles. The van der Waals surface area contributed by atoms with E-state index in [2.05, 4.69) is 22.9 Å². The number of esters is 2. The van der Waals surface area contributed by atoms with E-state index in [9.17, 15) is 9.59 Å². The van der Waals surface area contributed by atoms with Gasteiger partial charge in [-0.1, -0.05) is 131 Å². The van der Waals surface area contributed by atoms with Crippen LogP contribution in [0.5, 0.6) is 0 Å². The summed E-state index contributed by atoms with van der Waals surface area (Å²) in [5.74, 6) is -0.505. The highest BCUT2D eigenvalue weighted by atomic mass is 79.9. The molecule has 0 fully saturated rings. The molecule has 0 N–H and O–H groups in total. The summed E-state index contributed by atoms with van der Waals surface area (Å²) in [5.41, 5.74) is 0.929. The van der Waals surface area contributed by atoms with Gasteiger partial charge in [0, 0.05) is 22.9 Å². The van der Waals surface area contributed by atoms with Crippen LogP contribution in [0.4, 0.5) is 0 Å². The molecular formula is C29H47BrO4. The maximum absolute atomic E-state index is 11.8. The van der Waals surface area contributed by atoms with Crippen molar-refractivity contribution in [1.29, 1.82) is 0 Å². The Morgan fingerprint density at radius 1 is 0.647 bits per heavy atom. The van der Waals surface area contributed by atoms with Crippen LogP contribution in [-0.2, 0) is 25.7 Å². The van der Waals surface area contributed by atoms with Crippen LogP contribution >= 0.6 is 15.9 Å². The lowest BCUT2D eigenvalue weighted by Crippen LogP contribution is -2.09. The molecule has 0 aliphatic heterocycles. The molecule has 0 saturated carbocycles. The van der Waals surface area contributed by atoms with Crippen molar-refractivity contribution in [2.45, 2.75) is 129 Å². The minimum absolute atomic E-state index is 0.219. The van der Waals surface area contributed by atoms with Crippen LogP contribution in [0.25, 0.3) is 0 Å². The molecule has 0 heterocycles. The number of halogens is 1. The third-order valence-electron chi connectivity index (χ3n) is 6.12. The van der Waals surface area contributed by atoms with Gasteiger partial charge in [-0.2, -0.15) is 0 Å². The largest absolute Gasteiger partial charge is 0.466 e. The van der Waals surface area contributed by atoms with Crippen LogP contribution in [0.3, 0.4) is 0 Å². The van der Waals surface area contributed by atoms with E-state index in [1.807, 2.05) is 24.3 Å². The van der Waals surface area contributed by atoms with E-state index in [1.165, 1.54) is 83.5 Å². The van der Waals surface area contributed by atoms with E-state index < -0.39 is 0 Å². The third kappa shape index (κ3) is 18.0. The minimum atomic E-state index is -0.286. The number of unbranched alkanes of at least 4 members (excludes halogenated alkanes) is 14. The second kappa shape index (κ2) is 22.1. The van der Waals surface area contributed by atoms with Crippen molar-refractivity contribution in [3.63, 3.8) is 0 Å². The smallest absolute Gasteiger partial charge is 0.306 e. The number of benzene rings is 1. The van der Waals surface area contributed by atoms with Gasteiger partial charge in [0.2, 0.25) is 0 Å². The minimum Gasteiger partial charge on any atom is -0.466 e. The molecule has 194 valence electrons. The highest BCUT2D eigenvalue weighted by molar-refractivity contribution is 9.10. The standard InChI is InChI=1S/C29H47BrO4/c1-2-3-4-5-6-7-8-9-10-11-12-13-14-15-18-24-33-28(31)22-19-23-29(32)34-25-26-20-16-17-21-27(26)30/h16-17,20-21H,2-15,18-19,22-25H2,1H3. The molecule has 1 aromatic rings. The molecule has 34 heavy (non-hydrogen) atoms. The van der Waals surface area contributed by atoms with Crippen molar-refractivity contribution in [2.75, 3.05) is 6.61 Å². The molecule has 0 radical (unpaired) electrons. The molecule has 5 heteroatoms. The summed E-state index contributed by atoms with van der Waals surface area (Å²) in [6.45, 7) is 3.00. The maximum atomic E-state index is 11.8. The summed E-state index contributed by atoms with van der Waals surface area (Å²) in [7, 11) is 0. The van der Waals surface area contributed by atoms with E-state index in [-0.39, 0.29) is 31.4 Å². The zero-order valence-electron chi connectivity index (χ0n) is 21.5. The molecule has 0 aliphatic rings. The Kier molecular flexibility index (Phi) is 20.0. The van der Waals surface area contributed by atoms with Crippen molar-refractivity contribution in [1.82, 2.24) is 0 Å². The average molecular weight is 540 g/mol. The second-order valence-corrected chi connectivity index (χ2v) is 10.1. The number of carbonyl (C=O) groups excluding carboxylic acids is 2. The van der Waals surface area contributed by atoms with E-state index in [0.717, 1.165) is 22.9 Å². The Hall–Kier alpha value is -1.36. The molecule has 1 rings (SSSR count). The van der Waals surface area contributed by atoms with Crippen molar-refractivity contribution in [2.24, 2.45) is 0 Å². The summed E-state index contributed by atoms with van der Waals surface area (Å²) >= 11 is 3.43. The number of carbonyl (C=O) groups is 2. The van der Waals surface area contributed by atoms with Crippen molar-refractivity contribution >= 4 is 27.9 Å². The van der Waals surface area contributed by atoms with Gasteiger partial charge in [-0.05, 0) is 18.9 Å². The zero-order chi connectivity index (χ0) is 24.7. The van der Waals surface area contributed by atoms with Crippen LogP contribution < -0.4 is 0 Å². The fraction of sp³-hybridized carbons (Fsp3) is 0.724. The fourth-order valence-corrected chi connectivity index (χ4v) is 4.35. The Morgan fingerprint density at radius 3 is 1.65 bits per heavy atom. The van der Waals surface area contributed by atoms with Crippen LogP contribution in [0.15, 0.2) is 28.7 Å². The molecule has 0 atom stereocenters. The van der Waals surface area contributed by atoms with E-state index >= 15 is 0 Å². The quantitative estimate of drug-likeness (QED) is 0.109. The van der Waals surface area contributed by atoms with Crippen LogP contribution in [0.1, 0.15) is 128 Å². The molecule has 0 spiro atoms. The van der Waals surface area contributed by atoms with Gasteiger partial charge in [-0.3, -0.25) is 9.59 Å². The number of hydrogen-bond donors (Lipinski definition) is 0. The molecule has 0 saturated heterocycles. The topological polar surface area (TPSA) is 52.6 Å². The molecule has 0 aromatic heterocycles. The average Bonchev–Trinajstić information content (AvgIpc) is 2.83. The summed E-state index contributed by atoms with van der Waals surface area (Å²) in [5, 5.41) is 0. The first-order valence-electron chi connectivity index (χ1n) is 13.7. The van der Waals surface area contributed by atoms with Gasteiger partial charge in [0.1, 0.15) is 6.61 Å². The monoisotopic (exact) mass is 538 g/mol. The first-order valence-corrected chi connectivity index (χ1v) is 14.5. The molecule has 0 bridgehead atoms. The first kappa shape index (κ1) is 30.7. The van der Waals surface area contributed by atoms with Gasteiger partial charge in [0.25, 0.3) is 0 Å². The lowest BCUT2D eigenvalue weighted by molar-refractivity contribution is -0.146. The van der Waals surface area contributed by atoms with E-state index in [1.54, 1.807) is 0 Å². The Bertz CT molecular complexity index is 647. The van der Waals surface area contributed by atoms with Crippen LogP contribution in [-0.4, -0.2) is 18.5 Å². The first-order chi connectivity index (χ1) is 16.6.